The fraction of sp³-hybridized carbons (Fsp3) is 0.650. The topological polar surface area (TPSA) is 89.4 Å². The van der Waals surface area contributed by atoms with E-state index in [0.717, 1.165) is 18.0 Å². The average molecular weight is 429 g/mol. The van der Waals surface area contributed by atoms with Crippen LogP contribution in [0.2, 0.25) is 0 Å². The van der Waals surface area contributed by atoms with Gasteiger partial charge in [0.15, 0.2) is 6.54 Å². The Morgan fingerprint density at radius 3 is 2.38 bits per heavy atom. The van der Waals surface area contributed by atoms with Gasteiger partial charge < -0.3 is 19.7 Å². The molecule has 9 heteroatoms. The predicted octanol–water partition coefficient (Wildman–Crippen LogP) is 0.746. The molecule has 0 saturated carbocycles. The summed E-state index contributed by atoms with van der Waals surface area (Å²) in [5, 5.41) is 2.85. The third-order valence-corrected chi connectivity index (χ3v) is 6.94. The molecule has 0 radical (unpaired) electrons. The molecule has 0 spiro atoms. The Balaban J connectivity index is 2.22. The van der Waals surface area contributed by atoms with Crippen molar-refractivity contribution in [2.45, 2.75) is 51.7 Å². The standard InChI is InChI=1S/C20H33N3O5S/c1-6-23(7-2)29(25,26)17-9-10-19(27-8-3)18(11-17)21-20(24)14-22-12-15(4)28-16(5)13-22/h9-11,15-16H,6-8,12-14H2,1-5H3,(H,21,24)/p+1/t15-,16-/m0/s1. The first-order valence-electron chi connectivity index (χ1n) is 10.3. The molecule has 1 aliphatic rings. The van der Waals surface area contributed by atoms with Crippen molar-refractivity contribution < 1.29 is 27.6 Å². The predicted molar refractivity (Wildman–Crippen MR) is 112 cm³/mol. The number of quaternary nitrogens is 1. The average Bonchev–Trinajstić information content (AvgIpc) is 2.63. The Labute approximate surface area is 174 Å². The van der Waals surface area contributed by atoms with E-state index in [9.17, 15) is 13.2 Å². The molecular formula is C20H34N3O5S+. The highest BCUT2D eigenvalue weighted by atomic mass is 32.2. The number of anilines is 1. The van der Waals surface area contributed by atoms with Crippen molar-refractivity contribution in [3.8, 4) is 5.75 Å². The van der Waals surface area contributed by atoms with Crippen LogP contribution in [0.1, 0.15) is 34.6 Å². The number of carbonyl (C=O) groups excluding carboxylic acids is 1. The Hall–Kier alpha value is -1.68. The van der Waals surface area contributed by atoms with Gasteiger partial charge in [0, 0.05) is 13.1 Å². The fourth-order valence-corrected chi connectivity index (χ4v) is 5.20. The molecule has 2 N–H and O–H groups in total. The normalized spacial score (nSPS) is 22.5. The molecule has 0 aromatic heterocycles. The van der Waals surface area contributed by atoms with Gasteiger partial charge in [-0.25, -0.2) is 8.42 Å². The molecule has 0 unspecified atom stereocenters. The van der Waals surface area contributed by atoms with E-state index < -0.39 is 10.0 Å². The van der Waals surface area contributed by atoms with Crippen molar-refractivity contribution in [1.29, 1.82) is 0 Å². The maximum atomic E-state index is 12.8. The van der Waals surface area contributed by atoms with Gasteiger partial charge in [-0.15, -0.1) is 0 Å². The highest BCUT2D eigenvalue weighted by molar-refractivity contribution is 7.89. The first kappa shape index (κ1) is 23.6. The fourth-order valence-electron chi connectivity index (χ4n) is 3.72. The van der Waals surface area contributed by atoms with Crippen molar-refractivity contribution in [2.75, 3.05) is 44.6 Å². The zero-order valence-corrected chi connectivity index (χ0v) is 18.8. The van der Waals surface area contributed by atoms with Crippen LogP contribution in [0.4, 0.5) is 5.69 Å². The maximum Gasteiger partial charge on any atom is 0.279 e. The molecule has 29 heavy (non-hydrogen) atoms. The Morgan fingerprint density at radius 2 is 1.83 bits per heavy atom. The zero-order valence-electron chi connectivity index (χ0n) is 18.0. The van der Waals surface area contributed by atoms with E-state index in [-0.39, 0.29) is 29.6 Å². The summed E-state index contributed by atoms with van der Waals surface area (Å²) in [7, 11) is -3.63. The smallest absolute Gasteiger partial charge is 0.279 e. The van der Waals surface area contributed by atoms with Gasteiger partial charge in [0.25, 0.3) is 5.91 Å². The maximum absolute atomic E-state index is 12.8. The number of ether oxygens (including phenoxy) is 2. The number of hydrogen-bond acceptors (Lipinski definition) is 5. The number of sulfonamides is 1. The van der Waals surface area contributed by atoms with E-state index in [1.807, 2.05) is 20.8 Å². The summed E-state index contributed by atoms with van der Waals surface area (Å²) < 4.78 is 38.4. The van der Waals surface area contributed by atoms with E-state index in [2.05, 4.69) is 5.32 Å². The Morgan fingerprint density at radius 1 is 1.21 bits per heavy atom. The summed E-state index contributed by atoms with van der Waals surface area (Å²) in [6, 6.07) is 4.60. The molecule has 1 aromatic rings. The molecule has 0 aliphatic carbocycles. The molecule has 1 fully saturated rings. The van der Waals surface area contributed by atoms with Gasteiger partial charge in [-0.2, -0.15) is 4.31 Å². The number of nitrogens with zero attached hydrogens (tertiary/aromatic N) is 1. The van der Waals surface area contributed by atoms with Crippen molar-refractivity contribution in [3.05, 3.63) is 18.2 Å². The monoisotopic (exact) mass is 428 g/mol. The first-order valence-corrected chi connectivity index (χ1v) is 11.7. The minimum absolute atomic E-state index is 0.100. The lowest BCUT2D eigenvalue weighted by Gasteiger charge is -2.32. The van der Waals surface area contributed by atoms with Crippen LogP contribution in [-0.2, 0) is 19.6 Å². The molecule has 164 valence electrons. The zero-order chi connectivity index (χ0) is 21.6. The number of benzene rings is 1. The Bertz CT molecular complexity index is 785. The molecule has 8 nitrogen and oxygen atoms in total. The largest absolute Gasteiger partial charge is 0.492 e. The number of morpholine rings is 1. The van der Waals surface area contributed by atoms with Crippen LogP contribution in [-0.4, -0.2) is 70.2 Å². The van der Waals surface area contributed by atoms with Crippen molar-refractivity contribution in [1.82, 2.24) is 4.31 Å². The van der Waals surface area contributed by atoms with Crippen molar-refractivity contribution in [2.24, 2.45) is 0 Å². The third-order valence-electron chi connectivity index (χ3n) is 4.90. The number of carbonyl (C=O) groups is 1. The first-order chi connectivity index (χ1) is 13.7. The third kappa shape index (κ3) is 6.15. The summed E-state index contributed by atoms with van der Waals surface area (Å²) in [6.07, 6.45) is 0.200. The highest BCUT2D eigenvalue weighted by Gasteiger charge is 2.28. The molecule has 0 bridgehead atoms. The van der Waals surface area contributed by atoms with E-state index in [1.165, 1.54) is 16.4 Å². The van der Waals surface area contributed by atoms with Gasteiger partial charge in [0.2, 0.25) is 10.0 Å². The van der Waals surface area contributed by atoms with Gasteiger partial charge in [0.1, 0.15) is 31.0 Å². The van der Waals surface area contributed by atoms with Crippen LogP contribution >= 0.6 is 0 Å². The van der Waals surface area contributed by atoms with Crippen LogP contribution in [0.3, 0.4) is 0 Å². The van der Waals surface area contributed by atoms with E-state index in [4.69, 9.17) is 9.47 Å². The number of hydrogen-bond donors (Lipinski definition) is 2. The molecule has 2 rings (SSSR count). The SMILES string of the molecule is CCOc1ccc(S(=O)(=O)N(CC)CC)cc1NC(=O)C[NH+]1C[C@H](C)O[C@@H](C)C1. The summed E-state index contributed by atoms with van der Waals surface area (Å²) in [5.74, 6) is 0.276. The van der Waals surface area contributed by atoms with Crippen LogP contribution in [0, 0.1) is 0 Å². The molecule has 1 aromatic carbocycles. The lowest BCUT2D eigenvalue weighted by Crippen LogP contribution is -3.16. The quantitative estimate of drug-likeness (QED) is 0.606. The van der Waals surface area contributed by atoms with Gasteiger partial charge in [-0.05, 0) is 39.0 Å². The van der Waals surface area contributed by atoms with Crippen molar-refractivity contribution in [3.63, 3.8) is 0 Å². The minimum Gasteiger partial charge on any atom is -0.492 e. The molecule has 1 aliphatic heterocycles. The van der Waals surface area contributed by atoms with Crippen LogP contribution < -0.4 is 15.0 Å². The van der Waals surface area contributed by atoms with E-state index in [0.29, 0.717) is 31.1 Å². The lowest BCUT2D eigenvalue weighted by molar-refractivity contribution is -0.907. The van der Waals surface area contributed by atoms with Crippen LogP contribution in [0.15, 0.2) is 23.1 Å². The van der Waals surface area contributed by atoms with Gasteiger partial charge in [-0.1, -0.05) is 13.8 Å². The molecular weight excluding hydrogens is 394 g/mol. The summed E-state index contributed by atoms with van der Waals surface area (Å²) in [4.78, 5) is 13.9. The van der Waals surface area contributed by atoms with E-state index in [1.54, 1.807) is 19.9 Å². The number of rotatable bonds is 9. The molecule has 1 heterocycles. The summed E-state index contributed by atoms with van der Waals surface area (Å²) >= 11 is 0. The second kappa shape index (κ2) is 10.4. The van der Waals surface area contributed by atoms with Gasteiger partial charge in [-0.3, -0.25) is 4.79 Å². The molecule has 1 amide bonds. The number of amides is 1. The summed E-state index contributed by atoms with van der Waals surface area (Å²) in [6.45, 7) is 12.4. The molecule has 2 atom stereocenters. The minimum atomic E-state index is -3.63. The van der Waals surface area contributed by atoms with Gasteiger partial charge >= 0.3 is 0 Å². The van der Waals surface area contributed by atoms with Gasteiger partial charge in [0.05, 0.1) is 17.2 Å². The van der Waals surface area contributed by atoms with Crippen LogP contribution in [0.25, 0.3) is 0 Å². The molecule has 1 saturated heterocycles. The number of nitrogens with one attached hydrogen (secondary N) is 2. The van der Waals surface area contributed by atoms with Crippen LogP contribution in [0.5, 0.6) is 5.75 Å². The second-order valence-electron chi connectivity index (χ2n) is 7.32. The van der Waals surface area contributed by atoms with E-state index >= 15 is 0 Å². The Kier molecular flexibility index (Phi) is 8.45. The highest BCUT2D eigenvalue weighted by Crippen LogP contribution is 2.29. The van der Waals surface area contributed by atoms with Crippen molar-refractivity contribution >= 4 is 21.6 Å². The lowest BCUT2D eigenvalue weighted by atomic mass is 10.2. The summed E-state index contributed by atoms with van der Waals surface area (Å²) in [5.41, 5.74) is 0.374. The second-order valence-corrected chi connectivity index (χ2v) is 9.26.